The number of pyridine rings is 1. The van der Waals surface area contributed by atoms with E-state index in [1.54, 1.807) is 7.05 Å². The van der Waals surface area contributed by atoms with Crippen LogP contribution in [0.25, 0.3) is 0 Å². The molecule has 72 valence electrons. The number of rotatable bonds is 2. The van der Waals surface area contributed by atoms with Gasteiger partial charge in [-0.2, -0.15) is 0 Å². The van der Waals surface area contributed by atoms with Gasteiger partial charge in [0.05, 0.1) is 18.3 Å². The van der Waals surface area contributed by atoms with Crippen LogP contribution in [0.2, 0.25) is 0 Å². The molecule has 0 aliphatic rings. The first-order chi connectivity index (χ1) is 6.66. The van der Waals surface area contributed by atoms with Crippen LogP contribution in [-0.2, 0) is 0 Å². The highest BCUT2D eigenvalue weighted by Gasteiger charge is 2.14. The van der Waals surface area contributed by atoms with E-state index >= 15 is 0 Å². The number of carbonyl (C=O) groups excluding carboxylic acids is 1. The van der Waals surface area contributed by atoms with Gasteiger partial charge in [0.15, 0.2) is 0 Å². The summed E-state index contributed by atoms with van der Waals surface area (Å²) >= 11 is 0. The van der Waals surface area contributed by atoms with Crippen molar-refractivity contribution in [3.05, 3.63) is 24.0 Å². The molecule has 14 heavy (non-hydrogen) atoms. The van der Waals surface area contributed by atoms with Gasteiger partial charge in [-0.3, -0.25) is 9.78 Å². The smallest absolute Gasteiger partial charge is 0.258 e. The topological polar surface area (TPSA) is 53.4 Å². The zero-order chi connectivity index (χ0) is 10.6. The molecule has 0 radical (unpaired) electrons. The van der Waals surface area contributed by atoms with Gasteiger partial charge in [-0.05, 0) is 6.07 Å². The first kappa shape index (κ1) is 10.1. The van der Waals surface area contributed by atoms with Crippen LogP contribution in [0, 0.1) is 12.3 Å². The maximum Gasteiger partial charge on any atom is 0.258 e. The molecule has 0 saturated heterocycles. The molecule has 0 unspecified atom stereocenters. The molecule has 0 spiro atoms. The van der Waals surface area contributed by atoms with Crippen LogP contribution in [-0.4, -0.2) is 34.5 Å². The molecule has 0 fully saturated rings. The number of nitrogens with zero attached hydrogens (tertiary/aromatic N) is 2. The van der Waals surface area contributed by atoms with Crippen molar-refractivity contribution in [1.29, 1.82) is 0 Å². The third-order valence-corrected chi connectivity index (χ3v) is 1.71. The quantitative estimate of drug-likeness (QED) is 0.690. The highest BCUT2D eigenvalue weighted by Crippen LogP contribution is 2.15. The van der Waals surface area contributed by atoms with Crippen LogP contribution < -0.4 is 0 Å². The molecular weight excluding hydrogens is 180 g/mol. The van der Waals surface area contributed by atoms with Crippen molar-refractivity contribution >= 4 is 5.91 Å². The largest absolute Gasteiger partial charge is 0.505 e. The maximum atomic E-state index is 11.6. The van der Waals surface area contributed by atoms with Crippen molar-refractivity contribution in [2.45, 2.75) is 0 Å². The van der Waals surface area contributed by atoms with E-state index in [0.29, 0.717) is 0 Å². The summed E-state index contributed by atoms with van der Waals surface area (Å²) in [5.41, 5.74) is 0.206. The van der Waals surface area contributed by atoms with Gasteiger partial charge in [0.25, 0.3) is 5.91 Å². The van der Waals surface area contributed by atoms with Crippen LogP contribution >= 0.6 is 0 Å². The third-order valence-electron chi connectivity index (χ3n) is 1.71. The summed E-state index contributed by atoms with van der Waals surface area (Å²) in [5, 5.41) is 9.34. The summed E-state index contributed by atoms with van der Waals surface area (Å²) < 4.78 is 0. The lowest BCUT2D eigenvalue weighted by Crippen LogP contribution is -2.26. The molecule has 0 bridgehead atoms. The lowest BCUT2D eigenvalue weighted by molar-refractivity contribution is 0.0809. The van der Waals surface area contributed by atoms with E-state index in [2.05, 4.69) is 10.9 Å². The Bertz CT molecular complexity index is 382. The monoisotopic (exact) mass is 190 g/mol. The van der Waals surface area contributed by atoms with Gasteiger partial charge in [0.2, 0.25) is 0 Å². The minimum absolute atomic E-state index is 0.138. The molecular formula is C10H10N2O2. The minimum Gasteiger partial charge on any atom is -0.505 e. The van der Waals surface area contributed by atoms with E-state index < -0.39 is 0 Å². The first-order valence-corrected chi connectivity index (χ1v) is 3.98. The van der Waals surface area contributed by atoms with Crippen molar-refractivity contribution in [3.63, 3.8) is 0 Å². The fourth-order valence-corrected chi connectivity index (χ4v) is 0.981. The summed E-state index contributed by atoms with van der Waals surface area (Å²) in [7, 11) is 1.57. The van der Waals surface area contributed by atoms with Gasteiger partial charge < -0.3 is 10.0 Å². The number of aromatic nitrogens is 1. The van der Waals surface area contributed by atoms with E-state index in [1.807, 2.05) is 0 Å². The molecule has 0 atom stereocenters. The van der Waals surface area contributed by atoms with E-state index in [0.717, 1.165) is 0 Å². The Morgan fingerprint density at radius 2 is 2.50 bits per heavy atom. The van der Waals surface area contributed by atoms with Crippen molar-refractivity contribution < 1.29 is 9.90 Å². The molecule has 1 heterocycles. The normalized spacial score (nSPS) is 9.14. The highest BCUT2D eigenvalue weighted by molar-refractivity contribution is 5.96. The van der Waals surface area contributed by atoms with Crippen molar-refractivity contribution in [2.24, 2.45) is 0 Å². The van der Waals surface area contributed by atoms with Crippen LogP contribution in [0.1, 0.15) is 10.4 Å². The van der Waals surface area contributed by atoms with Crippen LogP contribution in [0.5, 0.6) is 5.75 Å². The molecule has 0 saturated carbocycles. The number of aromatic hydroxyl groups is 1. The molecule has 1 aromatic heterocycles. The molecule has 0 aliphatic heterocycles. The molecule has 1 aromatic rings. The molecule has 0 aromatic carbocycles. The predicted octanol–water partition coefficient (Wildman–Crippen LogP) is 0.492. The first-order valence-electron chi connectivity index (χ1n) is 3.98. The van der Waals surface area contributed by atoms with Crippen LogP contribution in [0.3, 0.4) is 0 Å². The van der Waals surface area contributed by atoms with Crippen molar-refractivity contribution in [1.82, 2.24) is 9.88 Å². The molecule has 4 nitrogen and oxygen atoms in total. The van der Waals surface area contributed by atoms with Gasteiger partial charge >= 0.3 is 0 Å². The van der Waals surface area contributed by atoms with E-state index in [4.69, 9.17) is 6.42 Å². The summed E-state index contributed by atoms with van der Waals surface area (Å²) in [5.74, 6) is 1.89. The fraction of sp³-hybridized carbons (Fsp3) is 0.200. The number of amides is 1. The predicted molar refractivity (Wildman–Crippen MR) is 51.7 cm³/mol. The highest BCUT2D eigenvalue weighted by atomic mass is 16.3. The van der Waals surface area contributed by atoms with E-state index in [9.17, 15) is 9.90 Å². The maximum absolute atomic E-state index is 11.6. The Kier molecular flexibility index (Phi) is 3.08. The van der Waals surface area contributed by atoms with Gasteiger partial charge in [-0.15, -0.1) is 6.42 Å². The van der Waals surface area contributed by atoms with Gasteiger partial charge in [0, 0.05) is 13.2 Å². The average molecular weight is 190 g/mol. The number of hydrogen-bond donors (Lipinski definition) is 1. The van der Waals surface area contributed by atoms with Gasteiger partial charge in [-0.1, -0.05) is 5.92 Å². The Morgan fingerprint density at radius 1 is 1.79 bits per heavy atom. The Morgan fingerprint density at radius 3 is 3.07 bits per heavy atom. The lowest BCUT2D eigenvalue weighted by Gasteiger charge is -2.13. The van der Waals surface area contributed by atoms with Crippen LogP contribution in [0.4, 0.5) is 0 Å². The standard InChI is InChI=1S/C10H10N2O2/c1-3-6-12(2)10(14)8-4-5-11-7-9(8)13/h1,4-5,7,13H,6H2,2H3. The van der Waals surface area contributed by atoms with Crippen LogP contribution in [0.15, 0.2) is 18.5 Å². The second-order valence-corrected chi connectivity index (χ2v) is 2.76. The van der Waals surface area contributed by atoms with Gasteiger partial charge in [-0.25, -0.2) is 0 Å². The van der Waals surface area contributed by atoms with Crippen molar-refractivity contribution in [2.75, 3.05) is 13.6 Å². The second-order valence-electron chi connectivity index (χ2n) is 2.76. The fourth-order valence-electron chi connectivity index (χ4n) is 0.981. The molecule has 1 N–H and O–H groups in total. The Labute approximate surface area is 82.2 Å². The zero-order valence-electron chi connectivity index (χ0n) is 7.77. The minimum atomic E-state index is -0.317. The zero-order valence-corrected chi connectivity index (χ0v) is 7.77. The number of terminal acetylenes is 1. The summed E-state index contributed by atoms with van der Waals surface area (Å²) in [4.78, 5) is 16.6. The number of hydrogen-bond acceptors (Lipinski definition) is 3. The summed E-state index contributed by atoms with van der Waals surface area (Å²) in [6.45, 7) is 0.209. The molecule has 0 aliphatic carbocycles. The summed E-state index contributed by atoms with van der Waals surface area (Å²) in [6, 6.07) is 1.45. The number of carbonyl (C=O) groups is 1. The van der Waals surface area contributed by atoms with E-state index in [-0.39, 0.29) is 23.8 Å². The SMILES string of the molecule is C#CCN(C)C(=O)c1ccncc1O. The Balaban J connectivity index is 2.91. The average Bonchev–Trinajstić information content (AvgIpc) is 2.18. The second kappa shape index (κ2) is 4.28. The molecule has 1 amide bonds. The van der Waals surface area contributed by atoms with Crippen molar-refractivity contribution in [3.8, 4) is 18.1 Å². The van der Waals surface area contributed by atoms with Gasteiger partial charge in [0.1, 0.15) is 5.75 Å². The molecule has 4 heteroatoms. The summed E-state index contributed by atoms with van der Waals surface area (Å²) in [6.07, 6.45) is 7.72. The van der Waals surface area contributed by atoms with E-state index in [1.165, 1.54) is 23.4 Å². The Hall–Kier alpha value is -2.02. The molecule has 1 rings (SSSR count). The third kappa shape index (κ3) is 2.02. The lowest BCUT2D eigenvalue weighted by atomic mass is 10.2.